The maximum atomic E-state index is 11.6. The van der Waals surface area contributed by atoms with Gasteiger partial charge in [-0.2, -0.15) is 0 Å². The van der Waals surface area contributed by atoms with E-state index in [9.17, 15) is 14.4 Å². The van der Waals surface area contributed by atoms with E-state index >= 15 is 0 Å². The van der Waals surface area contributed by atoms with Crippen LogP contribution in [-0.4, -0.2) is 49.7 Å². The van der Waals surface area contributed by atoms with Crippen LogP contribution in [0.3, 0.4) is 0 Å². The Labute approximate surface area is 113 Å². The van der Waals surface area contributed by atoms with Gasteiger partial charge < -0.3 is 10.0 Å². The molecule has 0 aliphatic carbocycles. The molecule has 0 spiro atoms. The van der Waals surface area contributed by atoms with Crippen molar-refractivity contribution < 1.29 is 9.90 Å². The summed E-state index contributed by atoms with van der Waals surface area (Å²) in [6, 6.07) is 0. The first kappa shape index (κ1) is 13.9. The van der Waals surface area contributed by atoms with Gasteiger partial charge in [-0.1, -0.05) is 0 Å². The van der Waals surface area contributed by atoms with E-state index in [1.807, 2.05) is 0 Å². The third-order valence-electron chi connectivity index (χ3n) is 2.99. The number of aliphatic hydroxyl groups excluding tert-OH is 1. The molecule has 1 aliphatic heterocycles. The molecule has 7 nitrogen and oxygen atoms in total. The van der Waals surface area contributed by atoms with Gasteiger partial charge in [-0.05, 0) is 6.92 Å². The Balaban J connectivity index is 2.10. The van der Waals surface area contributed by atoms with Gasteiger partial charge in [0, 0.05) is 24.8 Å². The molecule has 1 aromatic heterocycles. The fourth-order valence-electron chi connectivity index (χ4n) is 1.92. The lowest BCUT2D eigenvalue weighted by molar-refractivity contribution is -0.128. The quantitative estimate of drug-likeness (QED) is 0.720. The van der Waals surface area contributed by atoms with Crippen LogP contribution >= 0.6 is 11.8 Å². The number of aliphatic hydroxyl groups is 1. The molecule has 0 radical (unpaired) electrons. The highest BCUT2D eigenvalue weighted by Gasteiger charge is 2.30. The predicted octanol–water partition coefficient (Wildman–Crippen LogP) is -1.26. The summed E-state index contributed by atoms with van der Waals surface area (Å²) in [6.45, 7) is 2.14. The largest absolute Gasteiger partial charge is 0.393 e. The summed E-state index contributed by atoms with van der Waals surface area (Å²) >= 11 is 1.38. The van der Waals surface area contributed by atoms with Crippen molar-refractivity contribution >= 4 is 17.7 Å². The third-order valence-corrected chi connectivity index (χ3v) is 4.20. The lowest BCUT2D eigenvalue weighted by Crippen LogP contribution is -2.40. The number of amides is 1. The minimum absolute atomic E-state index is 0.0433. The number of carbonyl (C=O) groups excluding carboxylic acids is 1. The van der Waals surface area contributed by atoms with Crippen molar-refractivity contribution in [2.45, 2.75) is 18.8 Å². The molecule has 1 atom stereocenters. The summed E-state index contributed by atoms with van der Waals surface area (Å²) < 4.78 is 1.36. The maximum Gasteiger partial charge on any atom is 0.328 e. The normalized spacial score (nSPS) is 19.2. The Morgan fingerprint density at radius 1 is 1.42 bits per heavy atom. The van der Waals surface area contributed by atoms with E-state index in [1.165, 1.54) is 22.5 Å². The van der Waals surface area contributed by atoms with Gasteiger partial charge in [-0.3, -0.25) is 19.1 Å². The van der Waals surface area contributed by atoms with E-state index in [-0.39, 0.29) is 17.9 Å². The molecule has 0 bridgehead atoms. The number of hydrogen-bond donors (Lipinski definition) is 2. The van der Waals surface area contributed by atoms with E-state index in [4.69, 9.17) is 5.11 Å². The second-order valence-electron chi connectivity index (χ2n) is 4.30. The summed E-state index contributed by atoms with van der Waals surface area (Å²) in [5.41, 5.74) is -0.446. The zero-order valence-corrected chi connectivity index (χ0v) is 11.3. The maximum absolute atomic E-state index is 11.6. The number of rotatable bonds is 4. The van der Waals surface area contributed by atoms with Gasteiger partial charge >= 0.3 is 5.69 Å². The van der Waals surface area contributed by atoms with Gasteiger partial charge in [-0.15, -0.1) is 11.8 Å². The molecule has 1 unspecified atom stereocenters. The molecule has 1 fully saturated rings. The fraction of sp³-hybridized carbons (Fsp3) is 0.545. The van der Waals surface area contributed by atoms with Crippen LogP contribution in [0.2, 0.25) is 0 Å². The second kappa shape index (κ2) is 5.62. The highest BCUT2D eigenvalue weighted by atomic mass is 32.2. The Morgan fingerprint density at radius 2 is 2.16 bits per heavy atom. The van der Waals surface area contributed by atoms with Crippen LogP contribution in [0.15, 0.2) is 15.8 Å². The van der Waals surface area contributed by atoms with Crippen molar-refractivity contribution in [2.24, 2.45) is 0 Å². The van der Waals surface area contributed by atoms with Crippen LogP contribution in [-0.2, 0) is 11.3 Å². The fourth-order valence-corrected chi connectivity index (χ4v) is 2.93. The Morgan fingerprint density at radius 3 is 2.84 bits per heavy atom. The van der Waals surface area contributed by atoms with Gasteiger partial charge in [0.15, 0.2) is 0 Å². The molecule has 0 aromatic carbocycles. The molecule has 2 N–H and O–H groups in total. The monoisotopic (exact) mass is 285 g/mol. The number of hydrogen-bond acceptors (Lipinski definition) is 5. The van der Waals surface area contributed by atoms with Crippen LogP contribution < -0.4 is 11.2 Å². The van der Waals surface area contributed by atoms with Gasteiger partial charge in [0.1, 0.15) is 5.37 Å². The van der Waals surface area contributed by atoms with Crippen LogP contribution in [0.1, 0.15) is 5.56 Å². The van der Waals surface area contributed by atoms with E-state index in [1.54, 1.807) is 11.8 Å². The van der Waals surface area contributed by atoms with Gasteiger partial charge in [0.2, 0.25) is 5.91 Å². The first-order valence-electron chi connectivity index (χ1n) is 5.85. The van der Waals surface area contributed by atoms with Gasteiger partial charge in [0.25, 0.3) is 5.56 Å². The summed E-state index contributed by atoms with van der Waals surface area (Å²) in [5.74, 6) is 0.309. The number of thioether (sulfide) groups is 1. The highest BCUT2D eigenvalue weighted by molar-refractivity contribution is 8.01. The number of carbonyl (C=O) groups is 1. The molecule has 1 aromatic rings. The topological polar surface area (TPSA) is 95.4 Å². The Hall–Kier alpha value is -1.54. The Bertz CT molecular complexity index is 594. The molecule has 19 heavy (non-hydrogen) atoms. The van der Waals surface area contributed by atoms with Crippen molar-refractivity contribution in [1.82, 2.24) is 14.5 Å². The summed E-state index contributed by atoms with van der Waals surface area (Å²) in [5, 5.41) is 8.91. The second-order valence-corrected chi connectivity index (χ2v) is 5.47. The van der Waals surface area contributed by atoms with Crippen molar-refractivity contribution in [3.05, 3.63) is 32.6 Å². The predicted molar refractivity (Wildman–Crippen MR) is 71.1 cm³/mol. The van der Waals surface area contributed by atoms with Crippen molar-refractivity contribution in [3.8, 4) is 0 Å². The number of H-pyrrole nitrogens is 1. The minimum Gasteiger partial charge on any atom is -0.393 e. The number of nitrogens with one attached hydrogen (secondary N) is 1. The number of aromatic amines is 1. The number of aromatic nitrogens is 2. The summed E-state index contributed by atoms with van der Waals surface area (Å²) in [7, 11) is 0. The summed E-state index contributed by atoms with van der Waals surface area (Å²) in [4.78, 5) is 38.2. The molecular weight excluding hydrogens is 270 g/mol. The third kappa shape index (κ3) is 2.90. The zero-order valence-electron chi connectivity index (χ0n) is 10.5. The van der Waals surface area contributed by atoms with Crippen molar-refractivity contribution in [3.63, 3.8) is 0 Å². The van der Waals surface area contributed by atoms with Crippen molar-refractivity contribution in [2.75, 3.05) is 18.9 Å². The highest BCUT2D eigenvalue weighted by Crippen LogP contribution is 2.23. The SMILES string of the molecule is Cc1cn(CCN2C(=O)CSC2CO)c(=O)[nH]c1=O. The molecule has 104 valence electrons. The van der Waals surface area contributed by atoms with E-state index in [0.717, 1.165) is 0 Å². The van der Waals surface area contributed by atoms with Crippen molar-refractivity contribution in [1.29, 1.82) is 0 Å². The van der Waals surface area contributed by atoms with E-state index in [2.05, 4.69) is 4.98 Å². The zero-order chi connectivity index (χ0) is 14.0. The average molecular weight is 285 g/mol. The van der Waals surface area contributed by atoms with Gasteiger partial charge in [0.05, 0.1) is 12.4 Å². The van der Waals surface area contributed by atoms with E-state index in [0.29, 0.717) is 24.4 Å². The average Bonchev–Trinajstić information content (AvgIpc) is 2.73. The number of nitrogens with zero attached hydrogens (tertiary/aromatic N) is 2. The number of aryl methyl sites for hydroxylation is 1. The first-order chi connectivity index (χ1) is 9.02. The molecule has 2 heterocycles. The molecule has 8 heteroatoms. The molecule has 1 aliphatic rings. The van der Waals surface area contributed by atoms with Gasteiger partial charge in [-0.25, -0.2) is 4.79 Å². The molecule has 0 saturated carbocycles. The molecule has 1 amide bonds. The summed E-state index contributed by atoms with van der Waals surface area (Å²) in [6.07, 6.45) is 1.48. The Kier molecular flexibility index (Phi) is 4.11. The van der Waals surface area contributed by atoms with Crippen LogP contribution in [0.5, 0.6) is 0 Å². The molecular formula is C11H15N3O4S. The standard InChI is InChI=1S/C11H15N3O4S/c1-7-4-13(11(18)12-10(7)17)2-3-14-8(16)6-19-9(14)5-15/h4,9,15H,2-3,5-6H2,1H3,(H,12,17,18). The van der Waals surface area contributed by atoms with E-state index < -0.39 is 11.2 Å². The van der Waals surface area contributed by atoms with Crippen LogP contribution in [0.25, 0.3) is 0 Å². The lowest BCUT2D eigenvalue weighted by atomic mass is 10.4. The first-order valence-corrected chi connectivity index (χ1v) is 6.90. The minimum atomic E-state index is -0.490. The molecule has 2 rings (SSSR count). The molecule has 1 saturated heterocycles. The lowest BCUT2D eigenvalue weighted by Gasteiger charge is -2.22. The van der Waals surface area contributed by atoms with Crippen LogP contribution in [0.4, 0.5) is 0 Å². The smallest absolute Gasteiger partial charge is 0.328 e. The van der Waals surface area contributed by atoms with Crippen LogP contribution in [0, 0.1) is 6.92 Å².